The molecule has 2 rings (SSSR count). The minimum atomic E-state index is -1.09. The molecule has 0 aliphatic heterocycles. The molecule has 0 atom stereocenters. The van der Waals surface area contributed by atoms with Gasteiger partial charge in [0, 0.05) is 11.6 Å². The third-order valence-electron chi connectivity index (χ3n) is 3.25. The first kappa shape index (κ1) is 13.7. The molecule has 0 radical (unpaired) electrons. The number of carboxylic acid groups (broad SMARTS) is 1. The molecule has 0 aromatic heterocycles. The minimum Gasteiger partial charge on any atom is -0.478 e. The van der Waals surface area contributed by atoms with E-state index in [9.17, 15) is 9.18 Å². The van der Waals surface area contributed by atoms with E-state index in [-0.39, 0.29) is 5.56 Å². The first-order valence-corrected chi connectivity index (χ1v) is 6.46. The Morgan fingerprint density at radius 1 is 1.42 bits per heavy atom. The zero-order chi connectivity index (χ0) is 13.7. The summed E-state index contributed by atoms with van der Waals surface area (Å²) in [4.78, 5) is 10.4. The quantitative estimate of drug-likeness (QED) is 0.829. The van der Waals surface area contributed by atoms with Gasteiger partial charge in [-0.1, -0.05) is 18.9 Å². The van der Waals surface area contributed by atoms with Crippen LogP contribution in [0.4, 0.5) is 4.39 Å². The lowest BCUT2D eigenvalue weighted by Gasteiger charge is -2.11. The summed E-state index contributed by atoms with van der Waals surface area (Å²) in [6, 6.07) is 4.64. The first-order valence-electron chi connectivity index (χ1n) is 6.46. The van der Waals surface area contributed by atoms with Crippen LogP contribution in [0.1, 0.15) is 36.8 Å². The molecular formula is C15H17FO3. The van der Waals surface area contributed by atoms with Crippen LogP contribution in [-0.2, 0) is 16.1 Å². The molecule has 4 heteroatoms. The third kappa shape index (κ3) is 4.17. The Morgan fingerprint density at radius 3 is 2.84 bits per heavy atom. The maximum atomic E-state index is 13.5. The molecule has 3 nitrogen and oxygen atoms in total. The second kappa shape index (κ2) is 6.48. The highest BCUT2D eigenvalue weighted by molar-refractivity contribution is 5.85. The van der Waals surface area contributed by atoms with E-state index in [2.05, 4.69) is 0 Å². The third-order valence-corrected chi connectivity index (χ3v) is 3.25. The molecule has 0 bridgehead atoms. The number of halogens is 1. The fourth-order valence-electron chi connectivity index (χ4n) is 2.24. The largest absolute Gasteiger partial charge is 0.478 e. The van der Waals surface area contributed by atoms with Gasteiger partial charge < -0.3 is 9.84 Å². The number of hydrogen-bond acceptors (Lipinski definition) is 2. The molecule has 0 spiro atoms. The van der Waals surface area contributed by atoms with E-state index in [4.69, 9.17) is 9.84 Å². The number of aliphatic carboxylic acids is 1. The van der Waals surface area contributed by atoms with E-state index in [0.29, 0.717) is 12.7 Å². The Kier molecular flexibility index (Phi) is 4.68. The Morgan fingerprint density at radius 2 is 2.16 bits per heavy atom. The van der Waals surface area contributed by atoms with Gasteiger partial charge >= 0.3 is 5.97 Å². The standard InChI is InChI=1S/C15H17FO3/c16-14-7-5-11(9-12(14)6-8-15(17)18)10-19-13-3-1-2-4-13/h5-9,13H,1-4,10H2,(H,17,18)/b8-6+. The van der Waals surface area contributed by atoms with Crippen LogP contribution in [-0.4, -0.2) is 17.2 Å². The summed E-state index contributed by atoms with van der Waals surface area (Å²) in [5.41, 5.74) is 1.13. The van der Waals surface area contributed by atoms with Gasteiger partial charge in [0.15, 0.2) is 0 Å². The smallest absolute Gasteiger partial charge is 0.328 e. The van der Waals surface area contributed by atoms with Crippen molar-refractivity contribution in [2.45, 2.75) is 38.4 Å². The van der Waals surface area contributed by atoms with Crippen molar-refractivity contribution in [2.75, 3.05) is 0 Å². The average Bonchev–Trinajstić information content (AvgIpc) is 2.89. The first-order chi connectivity index (χ1) is 9.15. The topological polar surface area (TPSA) is 46.5 Å². The van der Waals surface area contributed by atoms with Gasteiger partial charge in [-0.05, 0) is 36.6 Å². The SMILES string of the molecule is O=C(O)/C=C/c1cc(COC2CCCC2)ccc1F. The predicted octanol–water partition coefficient (Wildman–Crippen LogP) is 3.38. The van der Waals surface area contributed by atoms with Gasteiger partial charge in [0.2, 0.25) is 0 Å². The summed E-state index contributed by atoms with van der Waals surface area (Å²) in [5.74, 6) is -1.52. The highest BCUT2D eigenvalue weighted by atomic mass is 19.1. The van der Waals surface area contributed by atoms with E-state index in [1.807, 2.05) is 0 Å². The van der Waals surface area contributed by atoms with Crippen LogP contribution in [0, 0.1) is 5.82 Å². The molecule has 0 amide bonds. The van der Waals surface area contributed by atoms with E-state index in [0.717, 1.165) is 24.5 Å². The van der Waals surface area contributed by atoms with Crippen molar-refractivity contribution in [2.24, 2.45) is 0 Å². The summed E-state index contributed by atoms with van der Waals surface area (Å²) in [7, 11) is 0. The van der Waals surface area contributed by atoms with Gasteiger partial charge in [0.1, 0.15) is 5.82 Å². The maximum absolute atomic E-state index is 13.5. The van der Waals surface area contributed by atoms with Crippen LogP contribution >= 0.6 is 0 Å². The van der Waals surface area contributed by atoms with E-state index < -0.39 is 11.8 Å². The van der Waals surface area contributed by atoms with Crippen LogP contribution in [0.3, 0.4) is 0 Å². The van der Waals surface area contributed by atoms with Crippen molar-refractivity contribution in [3.8, 4) is 0 Å². The zero-order valence-corrected chi connectivity index (χ0v) is 10.6. The number of hydrogen-bond donors (Lipinski definition) is 1. The van der Waals surface area contributed by atoms with E-state index in [1.54, 1.807) is 12.1 Å². The van der Waals surface area contributed by atoms with Crippen LogP contribution in [0.5, 0.6) is 0 Å². The molecule has 102 valence electrons. The monoisotopic (exact) mass is 264 g/mol. The van der Waals surface area contributed by atoms with Crippen molar-refractivity contribution in [3.05, 3.63) is 41.2 Å². The van der Waals surface area contributed by atoms with E-state index in [1.165, 1.54) is 25.0 Å². The molecule has 1 N–H and O–H groups in total. The van der Waals surface area contributed by atoms with Gasteiger partial charge in [-0.2, -0.15) is 0 Å². The van der Waals surface area contributed by atoms with Crippen LogP contribution in [0.25, 0.3) is 6.08 Å². The molecule has 1 fully saturated rings. The number of carboxylic acids is 1. The van der Waals surface area contributed by atoms with Crippen molar-refractivity contribution < 1.29 is 19.0 Å². The fourth-order valence-corrected chi connectivity index (χ4v) is 2.24. The summed E-state index contributed by atoms with van der Waals surface area (Å²) in [6.45, 7) is 0.443. The summed E-state index contributed by atoms with van der Waals surface area (Å²) >= 11 is 0. The summed E-state index contributed by atoms with van der Waals surface area (Å²) in [6.07, 6.45) is 7.10. The molecular weight excluding hydrogens is 247 g/mol. The zero-order valence-electron chi connectivity index (χ0n) is 10.6. The summed E-state index contributed by atoms with van der Waals surface area (Å²) < 4.78 is 19.2. The summed E-state index contributed by atoms with van der Waals surface area (Å²) in [5, 5.41) is 8.55. The molecule has 0 saturated heterocycles. The van der Waals surface area contributed by atoms with Gasteiger partial charge in [-0.3, -0.25) is 0 Å². The van der Waals surface area contributed by atoms with Gasteiger partial charge in [0.05, 0.1) is 12.7 Å². The van der Waals surface area contributed by atoms with Crippen LogP contribution in [0.15, 0.2) is 24.3 Å². The minimum absolute atomic E-state index is 0.273. The highest BCUT2D eigenvalue weighted by Gasteiger charge is 2.15. The Labute approximate surface area is 111 Å². The van der Waals surface area contributed by atoms with Crippen molar-refractivity contribution >= 4 is 12.0 Å². The number of carbonyl (C=O) groups is 1. The maximum Gasteiger partial charge on any atom is 0.328 e. The Hall–Kier alpha value is -1.68. The Balaban J connectivity index is 2.00. The number of rotatable bonds is 5. The second-order valence-electron chi connectivity index (χ2n) is 4.74. The second-order valence-corrected chi connectivity index (χ2v) is 4.74. The molecule has 1 aromatic carbocycles. The molecule has 0 unspecified atom stereocenters. The number of ether oxygens (including phenoxy) is 1. The Bertz CT molecular complexity index is 476. The van der Waals surface area contributed by atoms with Gasteiger partial charge in [0.25, 0.3) is 0 Å². The lowest BCUT2D eigenvalue weighted by Crippen LogP contribution is -2.07. The fraction of sp³-hybridized carbons (Fsp3) is 0.400. The molecule has 19 heavy (non-hydrogen) atoms. The van der Waals surface area contributed by atoms with Crippen molar-refractivity contribution in [1.82, 2.24) is 0 Å². The molecule has 1 aliphatic carbocycles. The molecule has 1 aliphatic rings. The predicted molar refractivity (Wildman–Crippen MR) is 70.1 cm³/mol. The average molecular weight is 264 g/mol. The lowest BCUT2D eigenvalue weighted by molar-refractivity contribution is -0.131. The normalized spacial score (nSPS) is 16.3. The van der Waals surface area contributed by atoms with Crippen molar-refractivity contribution in [1.29, 1.82) is 0 Å². The van der Waals surface area contributed by atoms with Gasteiger partial charge in [-0.15, -0.1) is 0 Å². The lowest BCUT2D eigenvalue weighted by atomic mass is 10.1. The van der Waals surface area contributed by atoms with Crippen LogP contribution < -0.4 is 0 Å². The van der Waals surface area contributed by atoms with E-state index >= 15 is 0 Å². The highest BCUT2D eigenvalue weighted by Crippen LogP contribution is 2.22. The molecule has 1 aromatic rings. The molecule has 0 heterocycles. The van der Waals surface area contributed by atoms with Gasteiger partial charge in [-0.25, -0.2) is 9.18 Å². The van der Waals surface area contributed by atoms with Crippen LogP contribution in [0.2, 0.25) is 0 Å². The molecule has 1 saturated carbocycles. The van der Waals surface area contributed by atoms with Crippen molar-refractivity contribution in [3.63, 3.8) is 0 Å². The number of benzene rings is 1.